The molecule has 2 N–H and O–H groups in total. The van der Waals surface area contributed by atoms with Crippen molar-refractivity contribution >= 4 is 22.6 Å². The van der Waals surface area contributed by atoms with Crippen LogP contribution in [0.15, 0.2) is 42.5 Å². The van der Waals surface area contributed by atoms with Crippen LogP contribution in [0.4, 0.5) is 17.6 Å². The summed E-state index contributed by atoms with van der Waals surface area (Å²) in [5.74, 6) is -1.30. The molecule has 0 aliphatic carbocycles. The minimum Gasteiger partial charge on any atom is -0.320 e. The fourth-order valence-electron chi connectivity index (χ4n) is 1.86. The molecule has 0 radical (unpaired) electrons. The highest BCUT2D eigenvalue weighted by atomic mass is 127. The summed E-state index contributed by atoms with van der Waals surface area (Å²) >= 11 is 2.06. The molecule has 20 heavy (non-hydrogen) atoms. The molecular formula is C14H10F4IN. The Balaban J connectivity index is 2.46. The average Bonchev–Trinajstić information content (AvgIpc) is 2.37. The third-order valence-electron chi connectivity index (χ3n) is 2.90. The third-order valence-corrected chi connectivity index (χ3v) is 3.88. The number of nitrogens with two attached hydrogens (primary N) is 1. The molecule has 0 fully saturated rings. The van der Waals surface area contributed by atoms with Crippen LogP contribution < -0.4 is 5.73 Å². The molecule has 2 aromatic carbocycles. The number of rotatable bonds is 2. The molecule has 1 nitrogen and oxygen atoms in total. The van der Waals surface area contributed by atoms with Crippen LogP contribution in [-0.4, -0.2) is 0 Å². The Morgan fingerprint density at radius 3 is 2.30 bits per heavy atom. The Kier molecular flexibility index (Phi) is 4.33. The van der Waals surface area contributed by atoms with Crippen LogP contribution in [0, 0.1) is 9.39 Å². The number of halogens is 5. The first-order chi connectivity index (χ1) is 9.30. The summed E-state index contributed by atoms with van der Waals surface area (Å²) in [6, 6.07) is 9.22. The Morgan fingerprint density at radius 2 is 1.70 bits per heavy atom. The molecule has 0 heterocycles. The van der Waals surface area contributed by atoms with E-state index >= 15 is 0 Å². The van der Waals surface area contributed by atoms with Gasteiger partial charge in [-0.05, 0) is 51.9 Å². The van der Waals surface area contributed by atoms with Crippen LogP contribution in [0.2, 0.25) is 0 Å². The van der Waals surface area contributed by atoms with E-state index in [0.717, 1.165) is 15.7 Å². The summed E-state index contributed by atoms with van der Waals surface area (Å²) < 4.78 is 52.2. The average molecular weight is 395 g/mol. The van der Waals surface area contributed by atoms with E-state index in [1.165, 1.54) is 6.07 Å². The van der Waals surface area contributed by atoms with Gasteiger partial charge in [-0.2, -0.15) is 13.2 Å². The van der Waals surface area contributed by atoms with Gasteiger partial charge in [0.25, 0.3) is 0 Å². The zero-order chi connectivity index (χ0) is 14.9. The van der Waals surface area contributed by atoms with Crippen LogP contribution in [0.5, 0.6) is 0 Å². The highest BCUT2D eigenvalue weighted by Gasteiger charge is 2.34. The molecule has 0 aliphatic heterocycles. The number of alkyl halides is 3. The molecule has 0 aromatic heterocycles. The molecule has 0 saturated carbocycles. The van der Waals surface area contributed by atoms with Crippen molar-refractivity contribution in [2.75, 3.05) is 0 Å². The minimum absolute atomic E-state index is 0.225. The monoisotopic (exact) mass is 395 g/mol. The van der Waals surface area contributed by atoms with Crippen molar-refractivity contribution < 1.29 is 17.6 Å². The van der Waals surface area contributed by atoms with Crippen molar-refractivity contribution in [3.8, 4) is 0 Å². The predicted molar refractivity (Wildman–Crippen MR) is 76.6 cm³/mol. The largest absolute Gasteiger partial charge is 0.419 e. The second-order valence-corrected chi connectivity index (χ2v) is 5.40. The van der Waals surface area contributed by atoms with Crippen LogP contribution in [0.1, 0.15) is 22.7 Å². The van der Waals surface area contributed by atoms with Gasteiger partial charge in [0.15, 0.2) is 0 Å². The summed E-state index contributed by atoms with van der Waals surface area (Å²) in [5.41, 5.74) is 5.62. The molecular weight excluding hydrogens is 385 g/mol. The van der Waals surface area contributed by atoms with E-state index in [4.69, 9.17) is 5.73 Å². The van der Waals surface area contributed by atoms with E-state index < -0.39 is 23.6 Å². The van der Waals surface area contributed by atoms with Gasteiger partial charge in [-0.1, -0.05) is 24.3 Å². The summed E-state index contributed by atoms with van der Waals surface area (Å²) in [4.78, 5) is 0. The zero-order valence-corrected chi connectivity index (χ0v) is 12.2. The number of hydrogen-bond donors (Lipinski definition) is 1. The van der Waals surface area contributed by atoms with Crippen molar-refractivity contribution in [2.45, 2.75) is 12.2 Å². The van der Waals surface area contributed by atoms with Crippen molar-refractivity contribution in [1.82, 2.24) is 0 Å². The Morgan fingerprint density at radius 1 is 1.05 bits per heavy atom. The van der Waals surface area contributed by atoms with Gasteiger partial charge in [0.05, 0.1) is 11.6 Å². The van der Waals surface area contributed by atoms with Crippen molar-refractivity contribution in [2.24, 2.45) is 5.73 Å². The van der Waals surface area contributed by atoms with Crippen molar-refractivity contribution in [3.63, 3.8) is 0 Å². The fourth-order valence-corrected chi connectivity index (χ4v) is 2.58. The van der Waals surface area contributed by atoms with E-state index in [2.05, 4.69) is 22.6 Å². The number of benzene rings is 2. The second-order valence-electron chi connectivity index (χ2n) is 4.24. The highest BCUT2D eigenvalue weighted by Crippen LogP contribution is 2.34. The van der Waals surface area contributed by atoms with Gasteiger partial charge in [0.1, 0.15) is 5.82 Å². The van der Waals surface area contributed by atoms with Crippen molar-refractivity contribution in [3.05, 3.63) is 68.5 Å². The zero-order valence-electron chi connectivity index (χ0n) is 10.1. The molecule has 1 atom stereocenters. The fraction of sp³-hybridized carbons (Fsp3) is 0.143. The minimum atomic E-state index is -4.73. The van der Waals surface area contributed by atoms with Gasteiger partial charge >= 0.3 is 6.18 Å². The van der Waals surface area contributed by atoms with E-state index in [1.54, 1.807) is 12.1 Å². The van der Waals surface area contributed by atoms with E-state index in [0.29, 0.717) is 5.56 Å². The first kappa shape index (κ1) is 15.2. The van der Waals surface area contributed by atoms with Crippen LogP contribution >= 0.6 is 22.6 Å². The Labute approximate surface area is 126 Å². The SMILES string of the molecule is NC(c1ccc(F)c(C(F)(F)F)c1)c1ccccc1I. The van der Waals surface area contributed by atoms with Crippen LogP contribution in [0.3, 0.4) is 0 Å². The van der Waals surface area contributed by atoms with Gasteiger partial charge < -0.3 is 5.73 Å². The van der Waals surface area contributed by atoms with E-state index in [9.17, 15) is 17.6 Å². The molecule has 1 unspecified atom stereocenters. The summed E-state index contributed by atoms with van der Waals surface area (Å²) in [5, 5.41) is 0. The lowest BCUT2D eigenvalue weighted by Crippen LogP contribution is -2.16. The molecule has 0 bridgehead atoms. The predicted octanol–water partition coefficient (Wildman–Crippen LogP) is 4.50. The maximum atomic E-state index is 13.2. The Hall–Kier alpha value is -1.15. The molecule has 0 aliphatic rings. The molecule has 6 heteroatoms. The van der Waals surface area contributed by atoms with Gasteiger partial charge in [-0.25, -0.2) is 4.39 Å². The van der Waals surface area contributed by atoms with Crippen LogP contribution in [-0.2, 0) is 6.18 Å². The quantitative estimate of drug-likeness (QED) is 0.589. The lowest BCUT2D eigenvalue weighted by Gasteiger charge is -2.16. The van der Waals surface area contributed by atoms with E-state index in [1.807, 2.05) is 12.1 Å². The molecule has 2 aromatic rings. The van der Waals surface area contributed by atoms with Crippen LogP contribution in [0.25, 0.3) is 0 Å². The van der Waals surface area contributed by atoms with E-state index in [-0.39, 0.29) is 5.56 Å². The maximum absolute atomic E-state index is 13.2. The topological polar surface area (TPSA) is 26.0 Å². The van der Waals surface area contributed by atoms with Gasteiger partial charge in [0.2, 0.25) is 0 Å². The summed E-state index contributed by atoms with van der Waals surface area (Å²) in [6.45, 7) is 0. The standard InChI is InChI=1S/C14H10F4IN/c15-11-6-5-8(7-10(11)14(16,17)18)13(20)9-3-1-2-4-12(9)19/h1-7,13H,20H2. The molecule has 0 spiro atoms. The molecule has 2 rings (SSSR count). The lowest BCUT2D eigenvalue weighted by molar-refractivity contribution is -0.140. The second kappa shape index (κ2) is 5.69. The number of hydrogen-bond acceptors (Lipinski definition) is 1. The molecule has 0 amide bonds. The normalized spacial score (nSPS) is 13.3. The summed E-state index contributed by atoms with van der Waals surface area (Å²) in [7, 11) is 0. The molecule has 0 saturated heterocycles. The smallest absolute Gasteiger partial charge is 0.320 e. The van der Waals surface area contributed by atoms with Gasteiger partial charge in [-0.3, -0.25) is 0 Å². The Bertz CT molecular complexity index is 625. The maximum Gasteiger partial charge on any atom is 0.419 e. The molecule has 106 valence electrons. The first-order valence-corrected chi connectivity index (χ1v) is 6.75. The van der Waals surface area contributed by atoms with Gasteiger partial charge in [-0.15, -0.1) is 0 Å². The highest BCUT2D eigenvalue weighted by molar-refractivity contribution is 14.1. The van der Waals surface area contributed by atoms with Gasteiger partial charge in [0, 0.05) is 3.57 Å². The third kappa shape index (κ3) is 3.12. The summed E-state index contributed by atoms with van der Waals surface area (Å²) in [6.07, 6.45) is -4.73. The lowest BCUT2D eigenvalue weighted by atomic mass is 9.97. The van der Waals surface area contributed by atoms with Crippen molar-refractivity contribution in [1.29, 1.82) is 0 Å². The first-order valence-electron chi connectivity index (χ1n) is 5.67.